The fourth-order valence-electron chi connectivity index (χ4n) is 2.20. The highest BCUT2D eigenvalue weighted by molar-refractivity contribution is 5.67. The predicted molar refractivity (Wildman–Crippen MR) is 92.0 cm³/mol. The summed E-state index contributed by atoms with van der Waals surface area (Å²) >= 11 is 0. The number of hydrogen-bond donors (Lipinski definition) is 0. The molecule has 2 aromatic rings. The van der Waals surface area contributed by atoms with Crippen LogP contribution in [0.25, 0.3) is 0 Å². The highest BCUT2D eigenvalue weighted by Gasteiger charge is 2.16. The van der Waals surface area contributed by atoms with Crippen LogP contribution in [0.3, 0.4) is 0 Å². The molecular formula is C19H24N2O2. The van der Waals surface area contributed by atoms with E-state index in [0.29, 0.717) is 19.7 Å². The van der Waals surface area contributed by atoms with Crippen LogP contribution in [0.4, 0.5) is 4.79 Å². The number of likely N-dealkylation sites (N-methyl/N-ethyl adjacent to an activating group) is 1. The van der Waals surface area contributed by atoms with Crippen LogP contribution in [-0.4, -0.2) is 43.1 Å². The molecule has 0 aromatic heterocycles. The van der Waals surface area contributed by atoms with Crippen LogP contribution in [0.2, 0.25) is 0 Å². The first-order chi connectivity index (χ1) is 11.1. The molecule has 4 heteroatoms. The van der Waals surface area contributed by atoms with Crippen LogP contribution in [-0.2, 0) is 17.8 Å². The smallest absolute Gasteiger partial charge is 0.410 e. The lowest BCUT2D eigenvalue weighted by Crippen LogP contribution is -2.32. The van der Waals surface area contributed by atoms with Crippen LogP contribution in [0.15, 0.2) is 60.7 Å². The Balaban J connectivity index is 2.02. The molecule has 2 aromatic carbocycles. The van der Waals surface area contributed by atoms with Crippen molar-refractivity contribution in [1.29, 1.82) is 0 Å². The van der Waals surface area contributed by atoms with E-state index in [1.807, 2.05) is 79.7 Å². The van der Waals surface area contributed by atoms with E-state index in [1.165, 1.54) is 0 Å². The molecule has 0 aliphatic carbocycles. The third-order valence-corrected chi connectivity index (χ3v) is 3.45. The maximum Gasteiger partial charge on any atom is 0.410 e. The molecule has 0 heterocycles. The fraction of sp³-hybridized carbons (Fsp3) is 0.316. The van der Waals surface area contributed by atoms with E-state index in [1.54, 1.807) is 4.90 Å². The van der Waals surface area contributed by atoms with Gasteiger partial charge in [0.1, 0.15) is 6.61 Å². The molecule has 0 radical (unpaired) electrons. The van der Waals surface area contributed by atoms with Crippen molar-refractivity contribution in [1.82, 2.24) is 9.80 Å². The maximum atomic E-state index is 12.4. The number of carbonyl (C=O) groups excluding carboxylic acids is 1. The molecule has 0 atom stereocenters. The third kappa shape index (κ3) is 6.12. The lowest BCUT2D eigenvalue weighted by atomic mass is 10.2. The van der Waals surface area contributed by atoms with Gasteiger partial charge in [-0.1, -0.05) is 60.7 Å². The van der Waals surface area contributed by atoms with Crippen molar-refractivity contribution in [2.45, 2.75) is 13.1 Å². The van der Waals surface area contributed by atoms with Gasteiger partial charge >= 0.3 is 6.09 Å². The molecule has 0 saturated carbocycles. The average molecular weight is 312 g/mol. The van der Waals surface area contributed by atoms with Gasteiger partial charge in [-0.15, -0.1) is 0 Å². The van der Waals surface area contributed by atoms with E-state index in [0.717, 1.165) is 17.7 Å². The molecule has 1 amide bonds. The van der Waals surface area contributed by atoms with E-state index < -0.39 is 0 Å². The van der Waals surface area contributed by atoms with Crippen LogP contribution in [0.5, 0.6) is 0 Å². The molecule has 0 aliphatic heterocycles. The number of benzene rings is 2. The first-order valence-electron chi connectivity index (χ1n) is 7.79. The second-order valence-electron chi connectivity index (χ2n) is 5.74. The molecule has 0 fully saturated rings. The first-order valence-corrected chi connectivity index (χ1v) is 7.79. The van der Waals surface area contributed by atoms with Crippen molar-refractivity contribution in [2.75, 3.05) is 27.2 Å². The standard InChI is InChI=1S/C19H24N2O2/c1-20(2)13-14-23-19(22)21(15-17-9-5-3-6-10-17)16-18-11-7-4-8-12-18/h3-12H,13-16H2,1-2H3. The summed E-state index contributed by atoms with van der Waals surface area (Å²) in [5, 5.41) is 0. The summed E-state index contributed by atoms with van der Waals surface area (Å²) in [5.41, 5.74) is 2.18. The van der Waals surface area contributed by atoms with Crippen molar-refractivity contribution >= 4 is 6.09 Å². The quantitative estimate of drug-likeness (QED) is 0.785. The van der Waals surface area contributed by atoms with Crippen LogP contribution < -0.4 is 0 Å². The minimum atomic E-state index is -0.278. The lowest BCUT2D eigenvalue weighted by molar-refractivity contribution is 0.0911. The van der Waals surface area contributed by atoms with Crippen LogP contribution in [0, 0.1) is 0 Å². The summed E-state index contributed by atoms with van der Waals surface area (Å²) in [4.78, 5) is 16.1. The zero-order chi connectivity index (χ0) is 16.5. The predicted octanol–water partition coefficient (Wildman–Crippen LogP) is 3.39. The normalized spacial score (nSPS) is 10.6. The van der Waals surface area contributed by atoms with Gasteiger partial charge in [0, 0.05) is 19.6 Å². The Morgan fingerprint density at radius 1 is 0.870 bits per heavy atom. The van der Waals surface area contributed by atoms with Gasteiger partial charge in [0.25, 0.3) is 0 Å². The molecule has 0 saturated heterocycles. The minimum absolute atomic E-state index is 0.278. The molecule has 0 N–H and O–H groups in total. The topological polar surface area (TPSA) is 32.8 Å². The van der Waals surface area contributed by atoms with Gasteiger partial charge in [-0.05, 0) is 25.2 Å². The Kier molecular flexibility index (Phi) is 6.63. The van der Waals surface area contributed by atoms with Crippen LogP contribution >= 0.6 is 0 Å². The highest BCUT2D eigenvalue weighted by Crippen LogP contribution is 2.11. The number of amides is 1. The zero-order valence-corrected chi connectivity index (χ0v) is 13.8. The van der Waals surface area contributed by atoms with E-state index in [2.05, 4.69) is 0 Å². The fourth-order valence-corrected chi connectivity index (χ4v) is 2.20. The molecule has 4 nitrogen and oxygen atoms in total. The van der Waals surface area contributed by atoms with Crippen molar-refractivity contribution in [3.63, 3.8) is 0 Å². The zero-order valence-electron chi connectivity index (χ0n) is 13.8. The largest absolute Gasteiger partial charge is 0.448 e. The summed E-state index contributed by atoms with van der Waals surface area (Å²) in [7, 11) is 3.92. The Labute approximate surface area is 138 Å². The summed E-state index contributed by atoms with van der Waals surface area (Å²) in [6.45, 7) is 2.19. The number of nitrogens with zero attached hydrogens (tertiary/aromatic N) is 2. The molecule has 0 aliphatic rings. The van der Waals surface area contributed by atoms with E-state index >= 15 is 0 Å². The highest BCUT2D eigenvalue weighted by atomic mass is 16.6. The van der Waals surface area contributed by atoms with Crippen LogP contribution in [0.1, 0.15) is 11.1 Å². The molecule has 0 bridgehead atoms. The van der Waals surface area contributed by atoms with Crippen molar-refractivity contribution in [3.8, 4) is 0 Å². The Hall–Kier alpha value is -2.33. The Bertz CT molecular complexity index is 543. The van der Waals surface area contributed by atoms with Gasteiger partial charge in [0.05, 0.1) is 0 Å². The van der Waals surface area contributed by atoms with E-state index in [9.17, 15) is 4.79 Å². The van der Waals surface area contributed by atoms with E-state index in [4.69, 9.17) is 4.74 Å². The van der Waals surface area contributed by atoms with Gasteiger partial charge < -0.3 is 9.64 Å². The molecule has 122 valence electrons. The second-order valence-corrected chi connectivity index (χ2v) is 5.74. The lowest BCUT2D eigenvalue weighted by Gasteiger charge is -2.23. The van der Waals surface area contributed by atoms with Crippen molar-refractivity contribution in [2.24, 2.45) is 0 Å². The molecule has 0 spiro atoms. The second kappa shape index (κ2) is 8.96. The first kappa shape index (κ1) is 17.0. The number of carbonyl (C=O) groups is 1. The summed E-state index contributed by atoms with van der Waals surface area (Å²) < 4.78 is 5.40. The summed E-state index contributed by atoms with van der Waals surface area (Å²) in [6.07, 6.45) is -0.278. The summed E-state index contributed by atoms with van der Waals surface area (Å²) in [5.74, 6) is 0. The van der Waals surface area contributed by atoms with Gasteiger partial charge in [-0.3, -0.25) is 4.90 Å². The van der Waals surface area contributed by atoms with Gasteiger partial charge in [-0.25, -0.2) is 4.79 Å². The maximum absolute atomic E-state index is 12.4. The van der Waals surface area contributed by atoms with Gasteiger partial charge in [0.15, 0.2) is 0 Å². The Morgan fingerprint density at radius 3 is 1.78 bits per heavy atom. The summed E-state index contributed by atoms with van der Waals surface area (Å²) in [6, 6.07) is 19.9. The monoisotopic (exact) mass is 312 g/mol. The number of ether oxygens (including phenoxy) is 1. The molecule has 2 rings (SSSR count). The number of rotatable bonds is 7. The average Bonchev–Trinajstić information content (AvgIpc) is 2.56. The minimum Gasteiger partial charge on any atom is -0.448 e. The molecule has 0 unspecified atom stereocenters. The number of hydrogen-bond acceptors (Lipinski definition) is 3. The van der Waals surface area contributed by atoms with Crippen molar-refractivity contribution < 1.29 is 9.53 Å². The van der Waals surface area contributed by atoms with Gasteiger partial charge in [0.2, 0.25) is 0 Å². The Morgan fingerprint density at radius 2 is 1.35 bits per heavy atom. The molecular weight excluding hydrogens is 288 g/mol. The van der Waals surface area contributed by atoms with Gasteiger partial charge in [-0.2, -0.15) is 0 Å². The van der Waals surface area contributed by atoms with E-state index in [-0.39, 0.29) is 6.09 Å². The third-order valence-electron chi connectivity index (χ3n) is 3.45. The molecule has 23 heavy (non-hydrogen) atoms. The SMILES string of the molecule is CN(C)CCOC(=O)N(Cc1ccccc1)Cc1ccccc1. The van der Waals surface area contributed by atoms with Crippen molar-refractivity contribution in [3.05, 3.63) is 71.8 Å².